The largest absolute Gasteiger partial charge is 0.497 e. The Morgan fingerprint density at radius 3 is 2.33 bits per heavy atom. The van der Waals surface area contributed by atoms with E-state index in [1.54, 1.807) is 41.2 Å². The van der Waals surface area contributed by atoms with Crippen LogP contribution < -0.4 is 4.74 Å². The van der Waals surface area contributed by atoms with Crippen LogP contribution in [0.3, 0.4) is 0 Å². The first-order valence-electron chi connectivity index (χ1n) is 12.7. The highest BCUT2D eigenvalue weighted by Gasteiger charge is 2.55. The summed E-state index contributed by atoms with van der Waals surface area (Å²) in [6, 6.07) is 13.9. The molecule has 0 aromatic heterocycles. The lowest BCUT2D eigenvalue weighted by molar-refractivity contribution is -0.136. The zero-order chi connectivity index (χ0) is 25.3. The van der Waals surface area contributed by atoms with Gasteiger partial charge in [-0.15, -0.1) is 0 Å². The molecule has 0 unspecified atom stereocenters. The second kappa shape index (κ2) is 9.93. The first-order valence-corrected chi connectivity index (χ1v) is 12.7. The van der Waals surface area contributed by atoms with Gasteiger partial charge in [0.25, 0.3) is 11.8 Å². The number of amides is 3. The summed E-state index contributed by atoms with van der Waals surface area (Å²) in [4.78, 5) is 46.0. The quantitative estimate of drug-likeness (QED) is 0.657. The molecule has 0 radical (unpaired) electrons. The number of hydrogen-bond acceptors (Lipinski definition) is 5. The number of ether oxygens (including phenoxy) is 2. The van der Waals surface area contributed by atoms with Crippen LogP contribution in [-0.4, -0.2) is 84.1 Å². The second-order valence-corrected chi connectivity index (χ2v) is 9.82. The van der Waals surface area contributed by atoms with Crippen molar-refractivity contribution in [1.82, 2.24) is 14.7 Å². The third kappa shape index (κ3) is 4.34. The van der Waals surface area contributed by atoms with Crippen molar-refractivity contribution in [3.05, 3.63) is 65.2 Å². The molecule has 3 heterocycles. The van der Waals surface area contributed by atoms with Crippen molar-refractivity contribution in [1.29, 1.82) is 0 Å². The molecule has 8 nitrogen and oxygen atoms in total. The van der Waals surface area contributed by atoms with E-state index in [0.29, 0.717) is 42.8 Å². The number of carbonyl (C=O) groups excluding carboxylic acids is 3. The van der Waals surface area contributed by atoms with Gasteiger partial charge < -0.3 is 19.3 Å². The standard InChI is InChI=1S/C28H33N3O5/c1-20-8-3-4-11-23(20)26(33)31-24(27(34)29-14-5-6-15-29)19-36-28(31)12-16-30(17-13-28)25(32)21-9-7-10-22(18-21)35-2/h3-4,7-11,18,24H,5-6,12-17,19H2,1-2H3/t24-/m1/s1. The lowest BCUT2D eigenvalue weighted by Gasteiger charge is -2.45. The van der Waals surface area contributed by atoms with Gasteiger partial charge in [0.2, 0.25) is 5.91 Å². The van der Waals surface area contributed by atoms with Gasteiger partial charge in [-0.1, -0.05) is 24.3 Å². The Bertz CT molecular complexity index is 1150. The third-order valence-corrected chi connectivity index (χ3v) is 7.71. The molecule has 2 aromatic carbocycles. The maximum absolute atomic E-state index is 14.0. The van der Waals surface area contributed by atoms with Gasteiger partial charge in [-0.05, 0) is 49.6 Å². The van der Waals surface area contributed by atoms with Crippen LogP contribution in [0.4, 0.5) is 0 Å². The Morgan fingerprint density at radius 2 is 1.64 bits per heavy atom. The fourth-order valence-corrected chi connectivity index (χ4v) is 5.64. The summed E-state index contributed by atoms with van der Waals surface area (Å²) in [5.41, 5.74) is 1.09. The van der Waals surface area contributed by atoms with Crippen molar-refractivity contribution in [2.45, 2.75) is 44.4 Å². The number of methoxy groups -OCH3 is 1. The summed E-state index contributed by atoms with van der Waals surface area (Å²) in [6.45, 7) is 4.38. The predicted octanol–water partition coefficient (Wildman–Crippen LogP) is 3.10. The van der Waals surface area contributed by atoms with Gasteiger partial charge in [0.15, 0.2) is 0 Å². The van der Waals surface area contributed by atoms with Gasteiger partial charge >= 0.3 is 0 Å². The number of hydrogen-bond donors (Lipinski definition) is 0. The fourth-order valence-electron chi connectivity index (χ4n) is 5.64. The van der Waals surface area contributed by atoms with Crippen LogP contribution in [0.2, 0.25) is 0 Å². The van der Waals surface area contributed by atoms with Crippen LogP contribution in [0.15, 0.2) is 48.5 Å². The van der Waals surface area contributed by atoms with E-state index in [4.69, 9.17) is 9.47 Å². The van der Waals surface area contributed by atoms with Gasteiger partial charge in [0.1, 0.15) is 17.5 Å². The van der Waals surface area contributed by atoms with Crippen molar-refractivity contribution >= 4 is 17.7 Å². The van der Waals surface area contributed by atoms with Crippen LogP contribution in [0.25, 0.3) is 0 Å². The van der Waals surface area contributed by atoms with Crippen LogP contribution in [-0.2, 0) is 9.53 Å². The topological polar surface area (TPSA) is 79.4 Å². The van der Waals surface area contributed by atoms with Gasteiger partial charge in [0.05, 0.1) is 13.7 Å². The molecule has 3 saturated heterocycles. The molecule has 0 saturated carbocycles. The number of aryl methyl sites for hydroxylation is 1. The molecule has 0 aliphatic carbocycles. The first-order chi connectivity index (χ1) is 17.4. The van der Waals surface area contributed by atoms with E-state index in [2.05, 4.69) is 0 Å². The minimum absolute atomic E-state index is 0.0406. The van der Waals surface area contributed by atoms with Gasteiger partial charge in [-0.2, -0.15) is 0 Å². The number of piperidine rings is 1. The molecular formula is C28H33N3O5. The van der Waals surface area contributed by atoms with E-state index in [1.807, 2.05) is 36.1 Å². The normalized spacial score (nSPS) is 21.2. The van der Waals surface area contributed by atoms with Gasteiger partial charge in [0, 0.05) is 50.1 Å². The summed E-state index contributed by atoms with van der Waals surface area (Å²) < 4.78 is 11.6. The predicted molar refractivity (Wildman–Crippen MR) is 134 cm³/mol. The Labute approximate surface area is 211 Å². The van der Waals surface area contributed by atoms with E-state index in [0.717, 1.165) is 31.5 Å². The van der Waals surface area contributed by atoms with E-state index in [1.165, 1.54) is 0 Å². The smallest absolute Gasteiger partial charge is 0.257 e. The van der Waals surface area contributed by atoms with E-state index in [9.17, 15) is 14.4 Å². The zero-order valence-corrected chi connectivity index (χ0v) is 20.9. The number of nitrogens with zero attached hydrogens (tertiary/aromatic N) is 3. The Kier molecular flexibility index (Phi) is 6.71. The number of carbonyl (C=O) groups is 3. The third-order valence-electron chi connectivity index (χ3n) is 7.71. The van der Waals surface area contributed by atoms with E-state index < -0.39 is 11.8 Å². The summed E-state index contributed by atoms with van der Waals surface area (Å²) in [6.07, 6.45) is 2.86. The summed E-state index contributed by atoms with van der Waals surface area (Å²) in [5, 5.41) is 0. The molecule has 36 heavy (non-hydrogen) atoms. The fraction of sp³-hybridized carbons (Fsp3) is 0.464. The molecule has 3 aliphatic rings. The molecule has 0 bridgehead atoms. The van der Waals surface area contributed by atoms with Crippen LogP contribution in [0.1, 0.15) is 52.0 Å². The molecule has 3 aliphatic heterocycles. The Hall–Kier alpha value is -3.39. The average molecular weight is 492 g/mol. The minimum atomic E-state index is -0.912. The van der Waals surface area contributed by atoms with Crippen molar-refractivity contribution in [2.75, 3.05) is 39.9 Å². The van der Waals surface area contributed by atoms with E-state index >= 15 is 0 Å². The van der Waals surface area contributed by atoms with Crippen molar-refractivity contribution in [3.63, 3.8) is 0 Å². The molecule has 8 heteroatoms. The summed E-state index contributed by atoms with van der Waals surface area (Å²) in [7, 11) is 1.57. The van der Waals surface area contributed by atoms with Gasteiger partial charge in [-0.25, -0.2) is 0 Å². The SMILES string of the molecule is COc1cccc(C(=O)N2CCC3(CC2)OC[C@H](C(=O)N2CCCC2)N3C(=O)c2ccccc2C)c1. The minimum Gasteiger partial charge on any atom is -0.497 e. The van der Waals surface area contributed by atoms with E-state index in [-0.39, 0.29) is 24.3 Å². The molecule has 3 amide bonds. The highest BCUT2D eigenvalue weighted by atomic mass is 16.5. The Morgan fingerprint density at radius 1 is 0.917 bits per heavy atom. The number of benzene rings is 2. The molecule has 190 valence electrons. The van der Waals surface area contributed by atoms with Crippen molar-refractivity contribution in [3.8, 4) is 5.75 Å². The van der Waals surface area contributed by atoms with Gasteiger partial charge in [-0.3, -0.25) is 19.3 Å². The highest BCUT2D eigenvalue weighted by molar-refractivity contribution is 5.99. The lowest BCUT2D eigenvalue weighted by atomic mass is 9.95. The molecular weight excluding hydrogens is 458 g/mol. The number of likely N-dealkylation sites (tertiary alicyclic amines) is 2. The summed E-state index contributed by atoms with van der Waals surface area (Å²) in [5.74, 6) is 0.326. The molecule has 0 N–H and O–H groups in total. The maximum Gasteiger partial charge on any atom is 0.257 e. The summed E-state index contributed by atoms with van der Waals surface area (Å²) >= 11 is 0. The maximum atomic E-state index is 14.0. The van der Waals surface area contributed by atoms with Crippen molar-refractivity contribution < 1.29 is 23.9 Å². The molecule has 2 aromatic rings. The molecule has 3 fully saturated rings. The zero-order valence-electron chi connectivity index (χ0n) is 20.9. The van der Waals surface area contributed by atoms with Crippen LogP contribution in [0, 0.1) is 6.92 Å². The molecule has 1 spiro atoms. The Balaban J connectivity index is 1.40. The van der Waals surface area contributed by atoms with Crippen LogP contribution >= 0.6 is 0 Å². The molecule has 1 atom stereocenters. The highest BCUT2D eigenvalue weighted by Crippen LogP contribution is 2.40. The molecule has 5 rings (SSSR count). The number of rotatable bonds is 4. The van der Waals surface area contributed by atoms with Crippen molar-refractivity contribution in [2.24, 2.45) is 0 Å². The first kappa shape index (κ1) is 24.3. The lowest BCUT2D eigenvalue weighted by Crippen LogP contribution is -2.60. The monoisotopic (exact) mass is 491 g/mol. The average Bonchev–Trinajstić information content (AvgIpc) is 3.57. The second-order valence-electron chi connectivity index (χ2n) is 9.82. The van der Waals surface area contributed by atoms with Crippen LogP contribution in [0.5, 0.6) is 5.75 Å².